The van der Waals surface area contributed by atoms with Crippen molar-refractivity contribution in [2.45, 2.75) is 26.2 Å². The number of nitrogens with zero attached hydrogens (tertiary/aromatic N) is 1. The summed E-state index contributed by atoms with van der Waals surface area (Å²) in [5, 5.41) is 10.2. The minimum atomic E-state index is -1.02. The molecule has 100 valence electrons. The highest BCUT2D eigenvalue weighted by atomic mass is 16.5. The molecule has 1 N–H and O–H groups in total. The molecule has 0 aliphatic carbocycles. The molecule has 0 aliphatic heterocycles. The molecule has 19 heavy (non-hydrogen) atoms. The molecule has 2 rings (SSSR count). The van der Waals surface area contributed by atoms with Crippen LogP contribution in [-0.4, -0.2) is 23.2 Å². The van der Waals surface area contributed by atoms with Gasteiger partial charge in [0, 0.05) is 5.39 Å². The molecule has 4 nitrogen and oxygen atoms in total. The van der Waals surface area contributed by atoms with Crippen molar-refractivity contribution >= 4 is 16.9 Å². The Bertz CT molecular complexity index is 647. The summed E-state index contributed by atoms with van der Waals surface area (Å²) >= 11 is 0. The van der Waals surface area contributed by atoms with Gasteiger partial charge in [0.05, 0.1) is 12.8 Å². The summed E-state index contributed by atoms with van der Waals surface area (Å²) in [6.45, 7) is 5.27. The van der Waals surface area contributed by atoms with E-state index in [1.807, 2.05) is 25.1 Å². The summed E-state index contributed by atoms with van der Waals surface area (Å²) < 4.78 is 5.33. The van der Waals surface area contributed by atoms with Gasteiger partial charge in [0.1, 0.15) is 16.7 Å². The van der Waals surface area contributed by atoms with E-state index in [1.54, 1.807) is 27.0 Å². The molecule has 2 aromatic rings. The van der Waals surface area contributed by atoms with Crippen molar-refractivity contribution in [3.8, 4) is 5.75 Å². The first kappa shape index (κ1) is 13.3. The van der Waals surface area contributed by atoms with Crippen molar-refractivity contribution < 1.29 is 14.6 Å². The molecule has 1 heterocycles. The van der Waals surface area contributed by atoms with E-state index in [0.29, 0.717) is 17.0 Å². The summed E-state index contributed by atoms with van der Waals surface area (Å²) in [6, 6.07) is 7.54. The van der Waals surface area contributed by atoms with Crippen LogP contribution in [0.3, 0.4) is 0 Å². The fourth-order valence-electron chi connectivity index (χ4n) is 1.96. The summed E-state index contributed by atoms with van der Waals surface area (Å²) in [5.41, 5.74) is 1.27. The molecule has 1 aromatic carbocycles. The minimum absolute atomic E-state index is 0.523. The van der Waals surface area contributed by atoms with E-state index in [0.717, 1.165) is 10.9 Å². The SMILES string of the molecule is COc1cc(C)cc2ccc(C(C)(C)C(=O)O)nc12. The van der Waals surface area contributed by atoms with Crippen molar-refractivity contribution in [1.29, 1.82) is 0 Å². The molecule has 0 spiro atoms. The van der Waals surface area contributed by atoms with Gasteiger partial charge < -0.3 is 9.84 Å². The van der Waals surface area contributed by atoms with Gasteiger partial charge in [-0.2, -0.15) is 0 Å². The molecule has 1 aromatic heterocycles. The van der Waals surface area contributed by atoms with E-state index in [4.69, 9.17) is 4.74 Å². The highest BCUT2D eigenvalue weighted by molar-refractivity contribution is 5.87. The molecule has 0 bridgehead atoms. The molecule has 0 fully saturated rings. The monoisotopic (exact) mass is 259 g/mol. The lowest BCUT2D eigenvalue weighted by Crippen LogP contribution is -2.29. The first-order valence-electron chi connectivity index (χ1n) is 6.05. The third kappa shape index (κ3) is 2.26. The molecule has 0 aliphatic rings. The van der Waals surface area contributed by atoms with E-state index in [-0.39, 0.29) is 0 Å². The number of aryl methyl sites for hydroxylation is 1. The Kier molecular flexibility index (Phi) is 3.18. The standard InChI is InChI=1S/C15H17NO3/c1-9-7-10-5-6-12(15(2,3)14(17)18)16-13(10)11(8-9)19-4/h5-8H,1-4H3,(H,17,18). The predicted molar refractivity (Wildman–Crippen MR) is 73.7 cm³/mol. The number of pyridine rings is 1. The number of carboxylic acids is 1. The summed E-state index contributed by atoms with van der Waals surface area (Å²) in [6.07, 6.45) is 0. The summed E-state index contributed by atoms with van der Waals surface area (Å²) in [7, 11) is 1.59. The number of aliphatic carboxylic acids is 1. The third-order valence-corrected chi connectivity index (χ3v) is 3.30. The minimum Gasteiger partial charge on any atom is -0.494 e. The van der Waals surface area contributed by atoms with Gasteiger partial charge in [-0.25, -0.2) is 4.98 Å². The average molecular weight is 259 g/mol. The zero-order chi connectivity index (χ0) is 14.2. The van der Waals surface area contributed by atoms with E-state index < -0.39 is 11.4 Å². The van der Waals surface area contributed by atoms with Gasteiger partial charge in [-0.1, -0.05) is 6.07 Å². The van der Waals surface area contributed by atoms with E-state index in [2.05, 4.69) is 4.98 Å². The van der Waals surface area contributed by atoms with Gasteiger partial charge in [0.25, 0.3) is 0 Å². The van der Waals surface area contributed by atoms with Crippen LogP contribution in [0.5, 0.6) is 5.75 Å². The normalized spacial score (nSPS) is 11.6. The van der Waals surface area contributed by atoms with E-state index >= 15 is 0 Å². The lowest BCUT2D eigenvalue weighted by atomic mass is 9.88. The van der Waals surface area contributed by atoms with Crippen LogP contribution in [0, 0.1) is 6.92 Å². The Labute approximate surface area is 112 Å². The number of benzene rings is 1. The molecular formula is C15H17NO3. The quantitative estimate of drug-likeness (QED) is 0.920. The van der Waals surface area contributed by atoms with Crippen molar-refractivity contribution in [2.75, 3.05) is 7.11 Å². The topological polar surface area (TPSA) is 59.4 Å². The fourth-order valence-corrected chi connectivity index (χ4v) is 1.96. The van der Waals surface area contributed by atoms with Crippen LogP contribution in [0.2, 0.25) is 0 Å². The van der Waals surface area contributed by atoms with Crippen molar-refractivity contribution in [1.82, 2.24) is 4.98 Å². The van der Waals surface area contributed by atoms with Crippen molar-refractivity contribution in [3.63, 3.8) is 0 Å². The molecule has 4 heteroatoms. The highest BCUT2D eigenvalue weighted by Gasteiger charge is 2.31. The van der Waals surface area contributed by atoms with Gasteiger partial charge >= 0.3 is 5.97 Å². The second kappa shape index (κ2) is 4.53. The smallest absolute Gasteiger partial charge is 0.315 e. The predicted octanol–water partition coefficient (Wildman–Crippen LogP) is 2.91. The number of fused-ring (bicyclic) bond motifs is 1. The van der Waals surface area contributed by atoms with Crippen LogP contribution in [-0.2, 0) is 10.2 Å². The number of rotatable bonds is 3. The molecule has 0 atom stereocenters. The van der Waals surface area contributed by atoms with Gasteiger partial charge in [0.15, 0.2) is 0 Å². The van der Waals surface area contributed by atoms with Crippen LogP contribution < -0.4 is 4.74 Å². The first-order chi connectivity index (χ1) is 8.86. The molecule has 0 amide bonds. The number of aromatic nitrogens is 1. The van der Waals surface area contributed by atoms with Crippen LogP contribution in [0.25, 0.3) is 10.9 Å². The number of carboxylic acid groups (broad SMARTS) is 1. The summed E-state index contributed by atoms with van der Waals surface area (Å²) in [5.74, 6) is -0.233. The first-order valence-corrected chi connectivity index (χ1v) is 6.05. The maximum atomic E-state index is 11.3. The molecule has 0 radical (unpaired) electrons. The second-order valence-corrected chi connectivity index (χ2v) is 5.17. The molecular weight excluding hydrogens is 242 g/mol. The molecule has 0 unspecified atom stereocenters. The molecule has 0 saturated heterocycles. The summed E-state index contributed by atoms with van der Waals surface area (Å²) in [4.78, 5) is 15.8. The van der Waals surface area contributed by atoms with Gasteiger partial charge in [-0.15, -0.1) is 0 Å². The zero-order valence-electron chi connectivity index (χ0n) is 11.5. The lowest BCUT2D eigenvalue weighted by Gasteiger charge is -2.19. The largest absolute Gasteiger partial charge is 0.494 e. The van der Waals surface area contributed by atoms with Crippen LogP contribution in [0.15, 0.2) is 24.3 Å². The zero-order valence-corrected chi connectivity index (χ0v) is 11.5. The number of methoxy groups -OCH3 is 1. The number of hydrogen-bond acceptors (Lipinski definition) is 3. The van der Waals surface area contributed by atoms with E-state index in [1.165, 1.54) is 0 Å². The fraction of sp³-hybridized carbons (Fsp3) is 0.333. The number of ether oxygens (including phenoxy) is 1. The van der Waals surface area contributed by atoms with Crippen LogP contribution in [0.1, 0.15) is 25.1 Å². The maximum absolute atomic E-state index is 11.3. The maximum Gasteiger partial charge on any atom is 0.315 e. The van der Waals surface area contributed by atoms with Crippen LogP contribution >= 0.6 is 0 Å². The van der Waals surface area contributed by atoms with Crippen molar-refractivity contribution in [3.05, 3.63) is 35.5 Å². The Morgan fingerprint density at radius 1 is 1.32 bits per heavy atom. The van der Waals surface area contributed by atoms with Gasteiger partial charge in [-0.05, 0) is 44.5 Å². The highest BCUT2D eigenvalue weighted by Crippen LogP contribution is 2.29. The van der Waals surface area contributed by atoms with E-state index in [9.17, 15) is 9.90 Å². The second-order valence-electron chi connectivity index (χ2n) is 5.17. The Morgan fingerprint density at radius 3 is 2.58 bits per heavy atom. The van der Waals surface area contributed by atoms with Gasteiger partial charge in [-0.3, -0.25) is 4.79 Å². The number of hydrogen-bond donors (Lipinski definition) is 1. The Morgan fingerprint density at radius 2 is 2.00 bits per heavy atom. The molecule has 0 saturated carbocycles. The lowest BCUT2D eigenvalue weighted by molar-refractivity contribution is -0.142. The Balaban J connectivity index is 2.70. The Hall–Kier alpha value is -2.10. The number of carbonyl (C=O) groups is 1. The van der Waals surface area contributed by atoms with Gasteiger partial charge in [0.2, 0.25) is 0 Å². The average Bonchev–Trinajstić information content (AvgIpc) is 2.36. The third-order valence-electron chi connectivity index (χ3n) is 3.30. The van der Waals surface area contributed by atoms with Crippen molar-refractivity contribution in [2.24, 2.45) is 0 Å². The van der Waals surface area contributed by atoms with Crippen LogP contribution in [0.4, 0.5) is 0 Å².